The van der Waals surface area contributed by atoms with Crippen molar-refractivity contribution in [2.45, 2.75) is 55.3 Å². The number of alkyl halides is 14. The summed E-state index contributed by atoms with van der Waals surface area (Å²) in [6.45, 7) is -1.00. The van der Waals surface area contributed by atoms with Gasteiger partial charge in [0.2, 0.25) is 0 Å². The number of hydrogen-bond acceptors (Lipinski definition) is 2. The van der Waals surface area contributed by atoms with E-state index in [-0.39, 0.29) is 18.3 Å². The summed E-state index contributed by atoms with van der Waals surface area (Å²) in [4.78, 5) is 11.5. The Morgan fingerprint density at radius 3 is 1.79 bits per heavy atom. The maximum atomic E-state index is 14.1. The fraction of sp³-hybridized carbons (Fsp3) is 0.824. The maximum Gasteiger partial charge on any atom is 0.404 e. The molecule has 16 heteroatoms. The van der Waals surface area contributed by atoms with Crippen LogP contribution in [0.3, 0.4) is 0 Å². The van der Waals surface area contributed by atoms with E-state index in [4.69, 9.17) is 0 Å². The van der Waals surface area contributed by atoms with Gasteiger partial charge in [-0.2, -0.15) is 61.5 Å². The Morgan fingerprint density at radius 2 is 1.39 bits per heavy atom. The molecule has 2 aliphatic rings. The number of halogens is 14. The van der Waals surface area contributed by atoms with Gasteiger partial charge in [0.1, 0.15) is 6.42 Å². The van der Waals surface area contributed by atoms with Crippen molar-refractivity contribution in [1.29, 1.82) is 0 Å². The molecule has 0 N–H and O–H groups in total. The van der Waals surface area contributed by atoms with Gasteiger partial charge in [0, 0.05) is 0 Å². The zero-order valence-electron chi connectivity index (χ0n) is 15.9. The van der Waals surface area contributed by atoms with Crippen LogP contribution in [0.15, 0.2) is 12.2 Å². The first-order valence-electron chi connectivity index (χ1n) is 9.04. The minimum Gasteiger partial charge on any atom is -0.461 e. The van der Waals surface area contributed by atoms with Crippen LogP contribution in [0.5, 0.6) is 0 Å². The van der Waals surface area contributed by atoms with Crippen molar-refractivity contribution in [2.75, 3.05) is 6.61 Å². The molecule has 4 unspecified atom stereocenters. The lowest BCUT2D eigenvalue weighted by molar-refractivity contribution is -0.389. The molecule has 1 fully saturated rings. The van der Waals surface area contributed by atoms with E-state index in [2.05, 4.69) is 4.74 Å². The van der Waals surface area contributed by atoms with E-state index in [1.54, 1.807) is 12.2 Å². The number of hydrogen-bond donors (Lipinski definition) is 0. The fourth-order valence-corrected chi connectivity index (χ4v) is 3.91. The average molecular weight is 516 g/mol. The van der Waals surface area contributed by atoms with Crippen LogP contribution in [0.1, 0.15) is 19.3 Å². The van der Waals surface area contributed by atoms with E-state index >= 15 is 0 Å². The summed E-state index contributed by atoms with van der Waals surface area (Å²) >= 11 is 0. The number of esters is 1. The zero-order valence-corrected chi connectivity index (χ0v) is 15.9. The van der Waals surface area contributed by atoms with Crippen LogP contribution in [0.25, 0.3) is 0 Å². The number of ether oxygens (including phenoxy) is 1. The minimum atomic E-state index is -7.59. The summed E-state index contributed by atoms with van der Waals surface area (Å²) in [5.41, 5.74) is 0. The highest BCUT2D eigenvalue weighted by atomic mass is 19.4. The standard InChI is InChI=1S/C17H14F14O2/c18-12(19,6-13(20,21)22)17(30,31)15(25,26)10(16(27,28)29)14(23,24)11(32)33-5-9-4-7-1-2-8(9)3-7/h1-2,7-10H,3-6H2. The Balaban J connectivity index is 2.33. The summed E-state index contributed by atoms with van der Waals surface area (Å²) in [6.07, 6.45) is -13.4. The second kappa shape index (κ2) is 8.17. The smallest absolute Gasteiger partial charge is 0.404 e. The van der Waals surface area contributed by atoms with Crippen LogP contribution < -0.4 is 0 Å². The number of carbonyl (C=O) groups excluding carboxylic acids is 1. The summed E-state index contributed by atoms with van der Waals surface area (Å²) in [6, 6.07) is 0. The summed E-state index contributed by atoms with van der Waals surface area (Å²) in [5.74, 6) is -39.2. The van der Waals surface area contributed by atoms with Gasteiger partial charge in [-0.1, -0.05) is 12.2 Å². The first-order valence-corrected chi connectivity index (χ1v) is 9.04. The van der Waals surface area contributed by atoms with Gasteiger partial charge in [-0.25, -0.2) is 4.79 Å². The van der Waals surface area contributed by atoms with Gasteiger partial charge >= 0.3 is 42.0 Å². The predicted molar refractivity (Wildman–Crippen MR) is 79.8 cm³/mol. The Hall–Kier alpha value is -1.77. The summed E-state index contributed by atoms with van der Waals surface area (Å²) < 4.78 is 189. The highest BCUT2D eigenvalue weighted by molar-refractivity contribution is 5.78. The average Bonchev–Trinajstić information content (AvgIpc) is 3.18. The lowest BCUT2D eigenvalue weighted by atomic mass is 9.85. The monoisotopic (exact) mass is 516 g/mol. The minimum absolute atomic E-state index is 0.0546. The van der Waals surface area contributed by atoms with Gasteiger partial charge in [0.05, 0.1) is 6.61 Å². The highest BCUT2D eigenvalue weighted by Crippen LogP contribution is 2.59. The Morgan fingerprint density at radius 1 is 0.848 bits per heavy atom. The highest BCUT2D eigenvalue weighted by Gasteiger charge is 2.84. The van der Waals surface area contributed by atoms with Gasteiger partial charge in [0.25, 0.3) is 0 Å². The molecule has 0 heterocycles. The van der Waals surface area contributed by atoms with Crippen molar-refractivity contribution in [1.82, 2.24) is 0 Å². The van der Waals surface area contributed by atoms with E-state index in [1.165, 1.54) is 0 Å². The first-order chi connectivity index (χ1) is 14.5. The molecule has 0 amide bonds. The van der Waals surface area contributed by atoms with Crippen LogP contribution in [0, 0.1) is 23.7 Å². The van der Waals surface area contributed by atoms with Gasteiger partial charge in [0.15, 0.2) is 5.92 Å². The molecule has 0 aliphatic heterocycles. The molecule has 4 atom stereocenters. The molecule has 2 aliphatic carbocycles. The van der Waals surface area contributed by atoms with E-state index in [0.717, 1.165) is 0 Å². The van der Waals surface area contributed by atoms with Crippen LogP contribution >= 0.6 is 0 Å². The van der Waals surface area contributed by atoms with E-state index in [0.29, 0.717) is 6.42 Å². The third-order valence-corrected chi connectivity index (χ3v) is 5.47. The van der Waals surface area contributed by atoms with Gasteiger partial charge in [-0.3, -0.25) is 0 Å². The Labute approximate surface area is 175 Å². The molecule has 0 aromatic carbocycles. The lowest BCUT2D eigenvalue weighted by Crippen LogP contribution is -2.66. The van der Waals surface area contributed by atoms with Crippen LogP contribution in [0.4, 0.5) is 61.5 Å². The lowest BCUT2D eigenvalue weighted by Gasteiger charge is -2.39. The van der Waals surface area contributed by atoms with Crippen molar-refractivity contribution in [3.05, 3.63) is 12.2 Å². The third-order valence-electron chi connectivity index (χ3n) is 5.47. The first kappa shape index (κ1) is 27.5. The van der Waals surface area contributed by atoms with Gasteiger partial charge in [-0.15, -0.1) is 0 Å². The predicted octanol–water partition coefficient (Wildman–Crippen LogP) is 6.41. The quantitative estimate of drug-likeness (QED) is 0.212. The van der Waals surface area contributed by atoms with E-state index in [9.17, 15) is 66.3 Å². The molecule has 0 radical (unpaired) electrons. The molecule has 2 bridgehead atoms. The van der Waals surface area contributed by atoms with E-state index in [1.807, 2.05) is 0 Å². The Bertz CT molecular complexity index is 767. The molecule has 1 saturated carbocycles. The fourth-order valence-electron chi connectivity index (χ4n) is 3.91. The van der Waals surface area contributed by atoms with Crippen molar-refractivity contribution in [2.24, 2.45) is 23.7 Å². The number of rotatable bonds is 8. The van der Waals surface area contributed by atoms with Crippen molar-refractivity contribution >= 4 is 5.97 Å². The van der Waals surface area contributed by atoms with E-state index < -0.39 is 66.9 Å². The Kier molecular flexibility index (Phi) is 6.80. The van der Waals surface area contributed by atoms with Crippen LogP contribution in [0.2, 0.25) is 0 Å². The second-order valence-electron chi connectivity index (χ2n) is 7.93. The maximum absolute atomic E-state index is 14.1. The van der Waals surface area contributed by atoms with Crippen molar-refractivity contribution in [3.8, 4) is 0 Å². The third kappa shape index (κ3) is 5.17. The normalized spacial score (nSPS) is 25.5. The summed E-state index contributed by atoms with van der Waals surface area (Å²) in [5, 5.41) is 0. The molecule has 0 aromatic rings. The largest absolute Gasteiger partial charge is 0.461 e. The molecular weight excluding hydrogens is 502 g/mol. The van der Waals surface area contributed by atoms with Gasteiger partial charge in [-0.05, 0) is 30.6 Å². The van der Waals surface area contributed by atoms with Crippen molar-refractivity contribution < 1.29 is 71.0 Å². The molecule has 2 nitrogen and oxygen atoms in total. The number of allylic oxidation sites excluding steroid dienone is 2. The van der Waals surface area contributed by atoms with Gasteiger partial charge < -0.3 is 4.74 Å². The van der Waals surface area contributed by atoms with Crippen LogP contribution in [-0.4, -0.2) is 48.6 Å². The molecule has 192 valence electrons. The molecule has 0 saturated heterocycles. The topological polar surface area (TPSA) is 26.3 Å². The summed E-state index contributed by atoms with van der Waals surface area (Å²) in [7, 11) is 0. The second-order valence-corrected chi connectivity index (χ2v) is 7.93. The molecule has 0 spiro atoms. The number of carbonyl (C=O) groups is 1. The molecule has 33 heavy (non-hydrogen) atoms. The molecule has 2 rings (SSSR count). The SMILES string of the molecule is O=C(OCC1CC2C=CC1C2)C(F)(F)C(C(F)(F)F)C(F)(F)C(F)(F)C(F)(F)CC(F)(F)F. The molecule has 0 aromatic heterocycles. The van der Waals surface area contributed by atoms with Crippen LogP contribution in [-0.2, 0) is 9.53 Å². The zero-order chi connectivity index (χ0) is 25.8. The van der Waals surface area contributed by atoms with Crippen molar-refractivity contribution in [3.63, 3.8) is 0 Å². The number of fused-ring (bicyclic) bond motifs is 2. The molecular formula is C17H14F14O2.